The molecule has 0 saturated carbocycles. The summed E-state index contributed by atoms with van der Waals surface area (Å²) in [6.07, 6.45) is 0. The van der Waals surface area contributed by atoms with Gasteiger partial charge in [-0.15, -0.1) is 0 Å². The van der Waals surface area contributed by atoms with Crippen LogP contribution in [-0.2, 0) is 5.41 Å². The van der Waals surface area contributed by atoms with Crippen LogP contribution in [0.25, 0.3) is 66.1 Å². The summed E-state index contributed by atoms with van der Waals surface area (Å²) in [6.45, 7) is 0. The van der Waals surface area contributed by atoms with Crippen LogP contribution in [-0.4, -0.2) is 0 Å². The normalized spacial score (nSPS) is 13.2. The van der Waals surface area contributed by atoms with E-state index in [1.54, 1.807) is 0 Å². The number of furan rings is 1. The van der Waals surface area contributed by atoms with Crippen LogP contribution >= 0.6 is 0 Å². The number of para-hydroxylation sites is 1. The monoisotopic (exact) mass is 699 g/mol. The lowest BCUT2D eigenvalue weighted by atomic mass is 9.70. The minimum Gasteiger partial charge on any atom is -0.456 e. The molecule has 2 nitrogen and oxygen atoms in total. The summed E-state index contributed by atoms with van der Waals surface area (Å²) in [5.74, 6) is 0. The molecular weight excluding hydrogens is 667 g/mol. The largest absolute Gasteiger partial charge is 0.456 e. The Morgan fingerprint density at radius 3 is 1.60 bits per heavy atom. The Balaban J connectivity index is 1.10. The first-order chi connectivity index (χ1) is 27.3. The van der Waals surface area contributed by atoms with Crippen molar-refractivity contribution < 1.29 is 4.42 Å². The van der Waals surface area contributed by atoms with E-state index in [0.717, 1.165) is 39.0 Å². The average Bonchev–Trinajstić information content (AvgIpc) is 3.89. The lowest BCUT2D eigenvalue weighted by molar-refractivity contribution is 0.669. The third kappa shape index (κ3) is 4.19. The lowest BCUT2D eigenvalue weighted by Crippen LogP contribution is -2.25. The van der Waals surface area contributed by atoms with Crippen molar-refractivity contribution in [3.8, 4) is 33.4 Å². The Bertz CT molecular complexity index is 3110. The molecule has 2 aliphatic carbocycles. The van der Waals surface area contributed by atoms with E-state index in [2.05, 4.69) is 199 Å². The van der Waals surface area contributed by atoms with Crippen molar-refractivity contribution in [3.05, 3.63) is 222 Å². The van der Waals surface area contributed by atoms with Gasteiger partial charge in [0.05, 0.1) is 5.41 Å². The Hall–Kier alpha value is -7.16. The van der Waals surface area contributed by atoms with Crippen molar-refractivity contribution >= 4 is 49.8 Å². The van der Waals surface area contributed by atoms with Crippen molar-refractivity contribution in [1.29, 1.82) is 0 Å². The molecule has 0 atom stereocenters. The highest BCUT2D eigenvalue weighted by atomic mass is 16.3. The first kappa shape index (κ1) is 30.3. The first-order valence-electron chi connectivity index (χ1n) is 19.0. The van der Waals surface area contributed by atoms with E-state index in [-0.39, 0.29) is 5.41 Å². The van der Waals surface area contributed by atoms with Gasteiger partial charge in [0, 0.05) is 27.8 Å². The molecule has 0 saturated heterocycles. The van der Waals surface area contributed by atoms with Gasteiger partial charge in [-0.3, -0.25) is 0 Å². The molecule has 1 heterocycles. The number of nitrogens with zero attached hydrogens (tertiary/aromatic N) is 1. The molecule has 55 heavy (non-hydrogen) atoms. The third-order valence-corrected chi connectivity index (χ3v) is 12.1. The van der Waals surface area contributed by atoms with E-state index in [0.29, 0.717) is 0 Å². The van der Waals surface area contributed by atoms with Crippen molar-refractivity contribution in [2.45, 2.75) is 5.41 Å². The summed E-state index contributed by atoms with van der Waals surface area (Å²) in [5.41, 5.74) is 17.7. The molecule has 0 unspecified atom stereocenters. The average molecular weight is 700 g/mol. The van der Waals surface area contributed by atoms with Crippen LogP contribution in [0.5, 0.6) is 0 Å². The van der Waals surface area contributed by atoms with E-state index in [4.69, 9.17) is 4.42 Å². The summed E-state index contributed by atoms with van der Waals surface area (Å²) in [6, 6.07) is 73.3. The van der Waals surface area contributed by atoms with Gasteiger partial charge in [0.25, 0.3) is 0 Å². The molecule has 0 radical (unpaired) electrons. The predicted octanol–water partition coefficient (Wildman–Crippen LogP) is 14.2. The Morgan fingerprint density at radius 1 is 0.345 bits per heavy atom. The fraction of sp³-hybridized carbons (Fsp3) is 0.0189. The van der Waals surface area contributed by atoms with Crippen LogP contribution in [0, 0.1) is 0 Å². The second-order valence-corrected chi connectivity index (χ2v) is 14.8. The lowest BCUT2D eigenvalue weighted by Gasteiger charge is -2.31. The highest BCUT2D eigenvalue weighted by molar-refractivity contribution is 6.19. The van der Waals surface area contributed by atoms with Gasteiger partial charge in [0.1, 0.15) is 11.2 Å². The number of fused-ring (bicyclic) bond motifs is 15. The molecule has 0 aliphatic heterocycles. The molecule has 0 amide bonds. The maximum Gasteiger partial charge on any atom is 0.136 e. The van der Waals surface area contributed by atoms with E-state index < -0.39 is 0 Å². The predicted molar refractivity (Wildman–Crippen MR) is 228 cm³/mol. The Kier molecular flexibility index (Phi) is 6.29. The van der Waals surface area contributed by atoms with Gasteiger partial charge >= 0.3 is 0 Å². The number of hydrogen-bond donors (Lipinski definition) is 0. The SMILES string of the molecule is c1ccc(-c2ccc(N(c3ccc4c(c3)-c3ccccc3C43c4ccccc4-c4ccccc43)c3ccc4ccc5oc6ccccc6c5c4c3)cc2)cc1. The maximum absolute atomic E-state index is 6.35. The smallest absolute Gasteiger partial charge is 0.136 e. The second-order valence-electron chi connectivity index (χ2n) is 14.8. The van der Waals surface area contributed by atoms with Gasteiger partial charge in [-0.05, 0) is 115 Å². The fourth-order valence-electron chi connectivity index (χ4n) is 9.78. The fourth-order valence-corrected chi connectivity index (χ4v) is 9.78. The van der Waals surface area contributed by atoms with E-state index in [1.165, 1.54) is 66.4 Å². The number of anilines is 3. The van der Waals surface area contributed by atoms with Gasteiger partial charge in [-0.1, -0.05) is 152 Å². The van der Waals surface area contributed by atoms with Gasteiger partial charge in [0.15, 0.2) is 0 Å². The Labute approximate surface area is 319 Å². The van der Waals surface area contributed by atoms with E-state index in [9.17, 15) is 0 Å². The molecule has 12 rings (SSSR count). The minimum absolute atomic E-state index is 0.378. The highest BCUT2D eigenvalue weighted by Gasteiger charge is 2.51. The molecule has 0 fully saturated rings. The van der Waals surface area contributed by atoms with Gasteiger partial charge in [0.2, 0.25) is 0 Å². The summed E-state index contributed by atoms with van der Waals surface area (Å²) in [5, 5.41) is 4.65. The van der Waals surface area contributed by atoms with Crippen molar-refractivity contribution in [3.63, 3.8) is 0 Å². The molecule has 1 aromatic heterocycles. The van der Waals surface area contributed by atoms with Crippen LogP contribution in [0.3, 0.4) is 0 Å². The highest BCUT2D eigenvalue weighted by Crippen LogP contribution is 2.63. The van der Waals surface area contributed by atoms with Gasteiger partial charge < -0.3 is 9.32 Å². The van der Waals surface area contributed by atoms with Crippen LogP contribution in [0.15, 0.2) is 205 Å². The van der Waals surface area contributed by atoms with Gasteiger partial charge in [-0.2, -0.15) is 0 Å². The zero-order chi connectivity index (χ0) is 36.1. The maximum atomic E-state index is 6.35. The van der Waals surface area contributed by atoms with Crippen LogP contribution in [0.2, 0.25) is 0 Å². The summed E-state index contributed by atoms with van der Waals surface area (Å²) in [4.78, 5) is 2.42. The molecule has 9 aromatic carbocycles. The molecule has 1 spiro atoms. The summed E-state index contributed by atoms with van der Waals surface area (Å²) >= 11 is 0. The van der Waals surface area contributed by atoms with Crippen molar-refractivity contribution in [1.82, 2.24) is 0 Å². The zero-order valence-electron chi connectivity index (χ0n) is 29.9. The molecule has 0 bridgehead atoms. The van der Waals surface area contributed by atoms with Crippen LogP contribution in [0.1, 0.15) is 22.3 Å². The molecule has 10 aromatic rings. The second kappa shape index (κ2) is 11.4. The van der Waals surface area contributed by atoms with Crippen molar-refractivity contribution in [2.24, 2.45) is 0 Å². The standard InChI is InChI=1S/C53H33NO/c1-2-12-34(13-3-1)35-22-26-37(27-23-35)54(38-28-24-36-25-31-51-52(44(36)32-38)43-17-7-11-21-50(43)55-51)39-29-30-49-45(33-39)42-16-6-10-20-48(42)53(49)46-18-8-4-14-40(46)41-15-5-9-19-47(41)53/h1-33H. The number of hydrogen-bond acceptors (Lipinski definition) is 2. The van der Waals surface area contributed by atoms with Crippen LogP contribution in [0.4, 0.5) is 17.1 Å². The summed E-state index contributed by atoms with van der Waals surface area (Å²) in [7, 11) is 0. The Morgan fingerprint density at radius 2 is 0.873 bits per heavy atom. The summed E-state index contributed by atoms with van der Waals surface area (Å²) < 4.78 is 6.35. The molecule has 256 valence electrons. The molecular formula is C53H33NO. The molecule has 2 aliphatic rings. The van der Waals surface area contributed by atoms with Crippen molar-refractivity contribution in [2.75, 3.05) is 4.90 Å². The minimum atomic E-state index is -0.378. The van der Waals surface area contributed by atoms with E-state index in [1.807, 2.05) is 6.07 Å². The number of rotatable bonds is 4. The number of benzene rings is 9. The van der Waals surface area contributed by atoms with Crippen LogP contribution < -0.4 is 4.90 Å². The van der Waals surface area contributed by atoms with Gasteiger partial charge in [-0.25, -0.2) is 0 Å². The first-order valence-corrected chi connectivity index (χ1v) is 19.0. The zero-order valence-corrected chi connectivity index (χ0v) is 29.9. The topological polar surface area (TPSA) is 16.4 Å². The quantitative estimate of drug-likeness (QED) is 0.182. The third-order valence-electron chi connectivity index (χ3n) is 12.1. The molecule has 0 N–H and O–H groups in total. The molecule has 2 heteroatoms. The van der Waals surface area contributed by atoms with E-state index >= 15 is 0 Å².